The van der Waals surface area contributed by atoms with Crippen LogP contribution in [-0.4, -0.2) is 28.0 Å². The number of rotatable bonds is 8. The van der Waals surface area contributed by atoms with Crippen LogP contribution in [0.1, 0.15) is 12.8 Å². The third kappa shape index (κ3) is 4.91. The Morgan fingerprint density at radius 3 is 2.77 bits per heavy atom. The van der Waals surface area contributed by atoms with Crippen molar-refractivity contribution >= 4 is 29.1 Å². The van der Waals surface area contributed by atoms with Gasteiger partial charge in [0.15, 0.2) is 0 Å². The Labute approximate surface area is 157 Å². The SMILES string of the molecule is NCCCCNc1ncccc1-c1ccnc(Nc2cccc(Cl)c2)n1. The van der Waals surface area contributed by atoms with Crippen LogP contribution in [0, 0.1) is 0 Å². The minimum Gasteiger partial charge on any atom is -0.370 e. The fraction of sp³-hybridized carbons (Fsp3) is 0.211. The summed E-state index contributed by atoms with van der Waals surface area (Å²) in [5.41, 5.74) is 8.10. The number of hydrogen-bond donors (Lipinski definition) is 3. The van der Waals surface area contributed by atoms with E-state index in [0.29, 0.717) is 17.5 Å². The molecule has 0 aliphatic rings. The number of aromatic nitrogens is 3. The van der Waals surface area contributed by atoms with Crippen LogP contribution in [-0.2, 0) is 0 Å². The maximum absolute atomic E-state index is 6.02. The van der Waals surface area contributed by atoms with Gasteiger partial charge in [-0.05, 0) is 55.8 Å². The number of anilines is 3. The molecule has 0 saturated carbocycles. The van der Waals surface area contributed by atoms with Gasteiger partial charge in [-0.25, -0.2) is 15.0 Å². The Bertz CT molecular complexity index is 855. The molecule has 0 aliphatic heterocycles. The van der Waals surface area contributed by atoms with Crippen molar-refractivity contribution < 1.29 is 0 Å². The van der Waals surface area contributed by atoms with E-state index in [2.05, 4.69) is 25.6 Å². The average Bonchev–Trinajstić information content (AvgIpc) is 2.66. The number of benzene rings is 1. The molecule has 0 fully saturated rings. The number of unbranched alkanes of at least 4 members (excludes halogenated alkanes) is 1. The summed E-state index contributed by atoms with van der Waals surface area (Å²) in [6.45, 7) is 1.51. The highest BCUT2D eigenvalue weighted by atomic mass is 35.5. The van der Waals surface area contributed by atoms with Gasteiger partial charge in [-0.1, -0.05) is 17.7 Å². The number of pyridine rings is 1. The largest absolute Gasteiger partial charge is 0.370 e. The van der Waals surface area contributed by atoms with Crippen molar-refractivity contribution in [3.05, 3.63) is 59.9 Å². The molecule has 3 rings (SSSR count). The van der Waals surface area contributed by atoms with E-state index in [1.165, 1.54) is 0 Å². The Balaban J connectivity index is 1.79. The van der Waals surface area contributed by atoms with Crippen molar-refractivity contribution in [2.24, 2.45) is 5.73 Å². The monoisotopic (exact) mass is 368 g/mol. The summed E-state index contributed by atoms with van der Waals surface area (Å²) in [4.78, 5) is 13.3. The summed E-state index contributed by atoms with van der Waals surface area (Å²) in [6, 6.07) is 13.2. The molecule has 0 aliphatic carbocycles. The minimum atomic E-state index is 0.503. The molecule has 134 valence electrons. The highest BCUT2D eigenvalue weighted by molar-refractivity contribution is 6.30. The summed E-state index contributed by atoms with van der Waals surface area (Å²) in [6.07, 6.45) is 5.47. The fourth-order valence-electron chi connectivity index (χ4n) is 2.49. The van der Waals surface area contributed by atoms with Gasteiger partial charge in [-0.3, -0.25) is 0 Å². The molecule has 3 aromatic rings. The minimum absolute atomic E-state index is 0.503. The summed E-state index contributed by atoms with van der Waals surface area (Å²) in [5, 5.41) is 7.19. The van der Waals surface area contributed by atoms with Crippen molar-refractivity contribution in [1.29, 1.82) is 0 Å². The van der Waals surface area contributed by atoms with E-state index in [1.807, 2.05) is 42.5 Å². The Kier molecular flexibility index (Phi) is 6.35. The molecule has 2 heterocycles. The van der Waals surface area contributed by atoms with Gasteiger partial charge in [0.2, 0.25) is 5.95 Å². The van der Waals surface area contributed by atoms with Gasteiger partial charge in [-0.15, -0.1) is 0 Å². The second-order valence-corrected chi connectivity index (χ2v) is 6.16. The standard InChI is InChI=1S/C19H21ClN6/c20-14-5-3-6-15(13-14)25-19-24-12-8-17(26-19)16-7-4-11-23-18(16)22-10-2-1-9-21/h3-8,11-13H,1-2,9-10,21H2,(H,22,23)(H,24,25,26). The summed E-state index contributed by atoms with van der Waals surface area (Å²) in [5.74, 6) is 1.31. The van der Waals surface area contributed by atoms with Crippen molar-refractivity contribution in [2.45, 2.75) is 12.8 Å². The van der Waals surface area contributed by atoms with Crippen LogP contribution in [0.4, 0.5) is 17.5 Å². The van der Waals surface area contributed by atoms with Crippen LogP contribution < -0.4 is 16.4 Å². The molecular formula is C19H21ClN6. The first-order valence-corrected chi connectivity index (χ1v) is 8.89. The van der Waals surface area contributed by atoms with Gasteiger partial charge >= 0.3 is 0 Å². The normalized spacial score (nSPS) is 10.5. The van der Waals surface area contributed by atoms with Crippen LogP contribution in [0.15, 0.2) is 54.9 Å². The molecule has 7 heteroatoms. The van der Waals surface area contributed by atoms with Crippen molar-refractivity contribution in [3.63, 3.8) is 0 Å². The molecule has 0 amide bonds. The zero-order valence-electron chi connectivity index (χ0n) is 14.3. The quantitative estimate of drug-likeness (QED) is 0.519. The van der Waals surface area contributed by atoms with E-state index in [4.69, 9.17) is 17.3 Å². The lowest BCUT2D eigenvalue weighted by molar-refractivity contribution is 0.772. The first kappa shape index (κ1) is 18.1. The third-order valence-corrected chi connectivity index (χ3v) is 3.98. The zero-order valence-corrected chi connectivity index (χ0v) is 15.1. The Morgan fingerprint density at radius 1 is 1.00 bits per heavy atom. The lowest BCUT2D eigenvalue weighted by Crippen LogP contribution is -2.08. The average molecular weight is 369 g/mol. The van der Waals surface area contributed by atoms with Crippen molar-refractivity contribution in [1.82, 2.24) is 15.0 Å². The van der Waals surface area contributed by atoms with Gasteiger partial charge in [0, 0.05) is 35.2 Å². The summed E-state index contributed by atoms with van der Waals surface area (Å²) < 4.78 is 0. The van der Waals surface area contributed by atoms with Crippen LogP contribution in [0.25, 0.3) is 11.3 Å². The molecule has 0 bridgehead atoms. The van der Waals surface area contributed by atoms with E-state index in [-0.39, 0.29) is 0 Å². The predicted molar refractivity (Wildman–Crippen MR) is 107 cm³/mol. The molecular weight excluding hydrogens is 348 g/mol. The van der Waals surface area contributed by atoms with Crippen LogP contribution in [0.5, 0.6) is 0 Å². The maximum atomic E-state index is 6.02. The van der Waals surface area contributed by atoms with Crippen LogP contribution >= 0.6 is 11.6 Å². The maximum Gasteiger partial charge on any atom is 0.227 e. The highest BCUT2D eigenvalue weighted by Crippen LogP contribution is 2.25. The fourth-order valence-corrected chi connectivity index (χ4v) is 2.68. The molecule has 1 aromatic carbocycles. The molecule has 26 heavy (non-hydrogen) atoms. The Hall–Kier alpha value is -2.70. The molecule has 4 N–H and O–H groups in total. The number of halogens is 1. The van der Waals surface area contributed by atoms with Gasteiger partial charge in [0.1, 0.15) is 5.82 Å². The second-order valence-electron chi connectivity index (χ2n) is 5.72. The lowest BCUT2D eigenvalue weighted by atomic mass is 10.2. The van der Waals surface area contributed by atoms with E-state index in [9.17, 15) is 0 Å². The summed E-state index contributed by atoms with van der Waals surface area (Å²) in [7, 11) is 0. The first-order valence-electron chi connectivity index (χ1n) is 8.51. The van der Waals surface area contributed by atoms with E-state index >= 15 is 0 Å². The third-order valence-electron chi connectivity index (χ3n) is 3.74. The van der Waals surface area contributed by atoms with Gasteiger partial charge in [0.05, 0.1) is 5.69 Å². The van der Waals surface area contributed by atoms with E-state index in [1.54, 1.807) is 12.4 Å². The topological polar surface area (TPSA) is 88.8 Å². The molecule has 0 saturated heterocycles. The Morgan fingerprint density at radius 2 is 1.92 bits per heavy atom. The molecule has 0 radical (unpaired) electrons. The number of nitrogens with one attached hydrogen (secondary N) is 2. The lowest BCUT2D eigenvalue weighted by Gasteiger charge is -2.11. The zero-order chi connectivity index (χ0) is 18.2. The van der Waals surface area contributed by atoms with E-state index in [0.717, 1.165) is 42.1 Å². The van der Waals surface area contributed by atoms with Crippen molar-refractivity contribution in [3.8, 4) is 11.3 Å². The van der Waals surface area contributed by atoms with Gasteiger partial charge in [0.25, 0.3) is 0 Å². The molecule has 2 aromatic heterocycles. The van der Waals surface area contributed by atoms with Crippen LogP contribution in [0.2, 0.25) is 5.02 Å². The van der Waals surface area contributed by atoms with Crippen LogP contribution in [0.3, 0.4) is 0 Å². The highest BCUT2D eigenvalue weighted by Gasteiger charge is 2.09. The molecule has 0 spiro atoms. The molecule has 0 unspecified atom stereocenters. The molecule has 6 nitrogen and oxygen atoms in total. The first-order chi connectivity index (χ1) is 12.8. The van der Waals surface area contributed by atoms with Gasteiger partial charge < -0.3 is 16.4 Å². The predicted octanol–water partition coefficient (Wildman–Crippen LogP) is 4.09. The van der Waals surface area contributed by atoms with Gasteiger partial charge in [-0.2, -0.15) is 0 Å². The molecule has 0 atom stereocenters. The number of hydrogen-bond acceptors (Lipinski definition) is 6. The van der Waals surface area contributed by atoms with E-state index < -0.39 is 0 Å². The summed E-state index contributed by atoms with van der Waals surface area (Å²) >= 11 is 6.02. The second kappa shape index (κ2) is 9.12. The van der Waals surface area contributed by atoms with Crippen molar-refractivity contribution in [2.75, 3.05) is 23.7 Å². The number of nitrogens with zero attached hydrogens (tertiary/aromatic N) is 3. The number of nitrogens with two attached hydrogens (primary N) is 1. The smallest absolute Gasteiger partial charge is 0.227 e.